The van der Waals surface area contributed by atoms with Gasteiger partial charge in [-0.15, -0.1) is 0 Å². The SMILES string of the molecule is Cc1ccc(C(=O)N(Cc2ccc(F)cc2)C(c2ccccc2)c2ccccc2)cc1[N+](=O)[O-]. The molecule has 0 spiro atoms. The Hall–Kier alpha value is -4.32. The first-order valence-corrected chi connectivity index (χ1v) is 10.8. The largest absolute Gasteiger partial charge is 0.323 e. The maximum absolute atomic E-state index is 13.9. The van der Waals surface area contributed by atoms with E-state index in [-0.39, 0.29) is 29.5 Å². The number of carbonyl (C=O) groups excluding carboxylic acids is 1. The molecule has 0 aliphatic heterocycles. The summed E-state index contributed by atoms with van der Waals surface area (Å²) in [5.41, 5.74) is 3.12. The Kier molecular flexibility index (Phi) is 6.78. The highest BCUT2D eigenvalue weighted by Gasteiger charge is 2.29. The van der Waals surface area contributed by atoms with Gasteiger partial charge in [-0.2, -0.15) is 0 Å². The Morgan fingerprint density at radius 3 is 1.97 bits per heavy atom. The molecule has 0 fully saturated rings. The normalized spacial score (nSPS) is 10.8. The van der Waals surface area contributed by atoms with E-state index in [9.17, 15) is 19.3 Å². The second-order valence-corrected chi connectivity index (χ2v) is 8.04. The van der Waals surface area contributed by atoms with Gasteiger partial charge in [-0.05, 0) is 41.8 Å². The van der Waals surface area contributed by atoms with Crippen LogP contribution in [0, 0.1) is 22.9 Å². The van der Waals surface area contributed by atoms with Crippen LogP contribution in [0.2, 0.25) is 0 Å². The van der Waals surface area contributed by atoms with Crippen LogP contribution in [0.1, 0.15) is 38.7 Å². The molecule has 6 heteroatoms. The molecule has 0 radical (unpaired) electrons. The molecule has 4 rings (SSSR count). The van der Waals surface area contributed by atoms with Crippen molar-refractivity contribution in [3.05, 3.63) is 147 Å². The summed E-state index contributed by atoms with van der Waals surface area (Å²) in [6.07, 6.45) is 0. The van der Waals surface area contributed by atoms with E-state index < -0.39 is 11.0 Å². The molecular weight excluding hydrogens is 431 g/mol. The third kappa shape index (κ3) is 5.02. The van der Waals surface area contributed by atoms with Crippen LogP contribution < -0.4 is 0 Å². The van der Waals surface area contributed by atoms with Crippen LogP contribution in [-0.2, 0) is 6.54 Å². The van der Waals surface area contributed by atoms with Crippen molar-refractivity contribution in [1.29, 1.82) is 0 Å². The van der Waals surface area contributed by atoms with Crippen LogP contribution in [0.4, 0.5) is 10.1 Å². The van der Waals surface area contributed by atoms with E-state index in [0.29, 0.717) is 5.56 Å². The maximum atomic E-state index is 13.9. The van der Waals surface area contributed by atoms with Crippen LogP contribution in [0.25, 0.3) is 0 Å². The van der Waals surface area contributed by atoms with Crippen molar-refractivity contribution in [3.63, 3.8) is 0 Å². The summed E-state index contributed by atoms with van der Waals surface area (Å²) >= 11 is 0. The van der Waals surface area contributed by atoms with Gasteiger partial charge in [-0.3, -0.25) is 14.9 Å². The van der Waals surface area contributed by atoms with Gasteiger partial charge in [0.15, 0.2) is 0 Å². The van der Waals surface area contributed by atoms with Crippen molar-refractivity contribution in [2.45, 2.75) is 19.5 Å². The quantitative estimate of drug-likeness (QED) is 0.237. The summed E-state index contributed by atoms with van der Waals surface area (Å²) < 4.78 is 13.5. The highest BCUT2D eigenvalue weighted by molar-refractivity contribution is 5.95. The highest BCUT2D eigenvalue weighted by Crippen LogP contribution is 2.32. The smallest absolute Gasteiger partial charge is 0.273 e. The van der Waals surface area contributed by atoms with Crippen molar-refractivity contribution in [3.8, 4) is 0 Å². The lowest BCUT2D eigenvalue weighted by molar-refractivity contribution is -0.385. The maximum Gasteiger partial charge on any atom is 0.273 e. The minimum absolute atomic E-state index is 0.108. The van der Waals surface area contributed by atoms with Crippen molar-refractivity contribution in [1.82, 2.24) is 4.90 Å². The van der Waals surface area contributed by atoms with Crippen molar-refractivity contribution in [2.75, 3.05) is 0 Å². The summed E-state index contributed by atoms with van der Waals surface area (Å²) in [5.74, 6) is -0.719. The molecule has 0 atom stereocenters. The van der Waals surface area contributed by atoms with Crippen LogP contribution >= 0.6 is 0 Å². The first-order valence-electron chi connectivity index (χ1n) is 10.8. The Balaban J connectivity index is 1.85. The topological polar surface area (TPSA) is 63.5 Å². The lowest BCUT2D eigenvalue weighted by atomic mass is 9.95. The van der Waals surface area contributed by atoms with Gasteiger partial charge in [0.05, 0.1) is 11.0 Å². The van der Waals surface area contributed by atoms with E-state index in [1.807, 2.05) is 60.7 Å². The summed E-state index contributed by atoms with van der Waals surface area (Å²) in [7, 11) is 0. The van der Waals surface area contributed by atoms with E-state index in [0.717, 1.165) is 16.7 Å². The lowest BCUT2D eigenvalue weighted by Gasteiger charge is -2.33. The summed E-state index contributed by atoms with van der Waals surface area (Å²) in [4.78, 5) is 26.6. The van der Waals surface area contributed by atoms with Gasteiger partial charge < -0.3 is 4.90 Å². The number of carbonyl (C=O) groups is 1. The number of amides is 1. The lowest BCUT2D eigenvalue weighted by Crippen LogP contribution is -2.35. The minimum atomic E-state index is -0.484. The molecule has 5 nitrogen and oxygen atoms in total. The van der Waals surface area contributed by atoms with Crippen molar-refractivity contribution < 1.29 is 14.1 Å². The van der Waals surface area contributed by atoms with Crippen LogP contribution in [0.5, 0.6) is 0 Å². The van der Waals surface area contributed by atoms with Gasteiger partial charge in [0.25, 0.3) is 11.6 Å². The van der Waals surface area contributed by atoms with Gasteiger partial charge in [0.2, 0.25) is 0 Å². The molecule has 0 unspecified atom stereocenters. The minimum Gasteiger partial charge on any atom is -0.323 e. The molecule has 0 saturated carbocycles. The molecule has 0 heterocycles. The number of hydrogen-bond donors (Lipinski definition) is 0. The van der Waals surface area contributed by atoms with Crippen molar-refractivity contribution in [2.24, 2.45) is 0 Å². The number of aryl methyl sites for hydroxylation is 1. The highest BCUT2D eigenvalue weighted by atomic mass is 19.1. The molecule has 0 aromatic heterocycles. The summed E-state index contributed by atoms with van der Waals surface area (Å²) in [6.45, 7) is 1.83. The zero-order valence-electron chi connectivity index (χ0n) is 18.6. The fourth-order valence-corrected chi connectivity index (χ4v) is 3.99. The van der Waals surface area contributed by atoms with Gasteiger partial charge in [-0.1, -0.05) is 78.9 Å². The molecule has 170 valence electrons. The predicted molar refractivity (Wildman–Crippen MR) is 129 cm³/mol. The van der Waals surface area contributed by atoms with Gasteiger partial charge >= 0.3 is 0 Å². The van der Waals surface area contributed by atoms with Gasteiger partial charge in [0, 0.05) is 23.7 Å². The first-order chi connectivity index (χ1) is 16.4. The zero-order chi connectivity index (χ0) is 24.1. The van der Waals surface area contributed by atoms with Crippen LogP contribution in [0.3, 0.4) is 0 Å². The Labute approximate surface area is 197 Å². The number of nitro benzene ring substituents is 1. The summed E-state index contributed by atoms with van der Waals surface area (Å²) in [6, 6.07) is 29.3. The average molecular weight is 455 g/mol. The van der Waals surface area contributed by atoms with Crippen molar-refractivity contribution >= 4 is 11.6 Å². The number of nitrogens with zero attached hydrogens (tertiary/aromatic N) is 2. The third-order valence-electron chi connectivity index (χ3n) is 5.72. The fourth-order valence-electron chi connectivity index (χ4n) is 3.99. The molecule has 0 saturated heterocycles. The molecule has 34 heavy (non-hydrogen) atoms. The monoisotopic (exact) mass is 454 g/mol. The van der Waals surface area contributed by atoms with E-state index in [2.05, 4.69) is 0 Å². The standard InChI is InChI=1S/C28H23FN2O3/c1-20-12-15-24(18-26(20)31(33)34)28(32)30(19-21-13-16-25(29)17-14-21)27(22-8-4-2-5-9-22)23-10-6-3-7-11-23/h2-18,27H,19H2,1H3. The van der Waals surface area contributed by atoms with E-state index in [4.69, 9.17) is 0 Å². The summed E-state index contributed by atoms with van der Waals surface area (Å²) in [5, 5.41) is 11.5. The fraction of sp³-hybridized carbons (Fsp3) is 0.107. The van der Waals surface area contributed by atoms with Crippen LogP contribution in [0.15, 0.2) is 103 Å². The molecule has 1 amide bonds. The third-order valence-corrected chi connectivity index (χ3v) is 5.72. The molecule has 0 aliphatic carbocycles. The average Bonchev–Trinajstić information content (AvgIpc) is 2.86. The van der Waals surface area contributed by atoms with Gasteiger partial charge in [-0.25, -0.2) is 4.39 Å². The van der Waals surface area contributed by atoms with Gasteiger partial charge in [0.1, 0.15) is 5.82 Å². The molecular formula is C28H23FN2O3. The first kappa shape index (κ1) is 22.9. The number of hydrogen-bond acceptors (Lipinski definition) is 3. The van der Waals surface area contributed by atoms with E-state index in [1.165, 1.54) is 18.2 Å². The molecule has 0 bridgehead atoms. The Bertz CT molecular complexity index is 1250. The molecule has 4 aromatic carbocycles. The Morgan fingerprint density at radius 1 is 0.882 bits per heavy atom. The number of rotatable bonds is 7. The van der Waals surface area contributed by atoms with E-state index in [1.54, 1.807) is 36.1 Å². The number of benzene rings is 4. The number of nitro groups is 1. The molecule has 0 N–H and O–H groups in total. The molecule has 4 aromatic rings. The zero-order valence-corrected chi connectivity index (χ0v) is 18.6. The number of halogens is 1. The van der Waals surface area contributed by atoms with Crippen LogP contribution in [-0.4, -0.2) is 15.7 Å². The molecule has 0 aliphatic rings. The van der Waals surface area contributed by atoms with E-state index >= 15 is 0 Å². The Morgan fingerprint density at radius 2 is 1.44 bits per heavy atom. The second kappa shape index (κ2) is 10.1. The predicted octanol–water partition coefficient (Wildman–Crippen LogP) is 6.47. The second-order valence-electron chi connectivity index (χ2n) is 8.04.